The number of ketones is 1. The van der Waals surface area contributed by atoms with Gasteiger partial charge in [0, 0.05) is 19.0 Å². The molecular weight excluding hydrogens is 308 g/mol. The standard InChI is InChI=1S/C15H15ClN2O2S/c1-10(11-4-2-3-9-17-11)18-15(20)8-5-12(19)13-6-7-14(16)21-13/h2-4,6-7,9-10H,5,8H2,1H3,(H,18,20). The first-order valence-corrected chi connectivity index (χ1v) is 7.74. The number of thiophene rings is 1. The number of pyridine rings is 1. The minimum atomic E-state index is -0.176. The average molecular weight is 323 g/mol. The van der Waals surface area contributed by atoms with E-state index in [4.69, 9.17) is 11.6 Å². The third-order valence-electron chi connectivity index (χ3n) is 2.94. The van der Waals surface area contributed by atoms with E-state index in [1.807, 2.05) is 25.1 Å². The van der Waals surface area contributed by atoms with Crippen LogP contribution in [0.5, 0.6) is 0 Å². The summed E-state index contributed by atoms with van der Waals surface area (Å²) in [4.78, 5) is 28.5. The summed E-state index contributed by atoms with van der Waals surface area (Å²) in [7, 11) is 0. The van der Waals surface area contributed by atoms with E-state index in [9.17, 15) is 9.59 Å². The van der Waals surface area contributed by atoms with Gasteiger partial charge in [0.15, 0.2) is 5.78 Å². The van der Waals surface area contributed by atoms with Crippen LogP contribution in [-0.4, -0.2) is 16.7 Å². The molecule has 2 heterocycles. The number of hydrogen-bond donors (Lipinski definition) is 1. The Morgan fingerprint density at radius 2 is 2.10 bits per heavy atom. The van der Waals surface area contributed by atoms with Crippen molar-refractivity contribution in [2.24, 2.45) is 0 Å². The number of aromatic nitrogens is 1. The third kappa shape index (κ3) is 4.65. The van der Waals surface area contributed by atoms with Gasteiger partial charge in [0.2, 0.25) is 5.91 Å². The van der Waals surface area contributed by atoms with E-state index in [0.717, 1.165) is 5.69 Å². The maximum absolute atomic E-state index is 11.9. The van der Waals surface area contributed by atoms with Crippen LogP contribution in [0.15, 0.2) is 36.5 Å². The highest BCUT2D eigenvalue weighted by Crippen LogP contribution is 2.22. The Kier molecular flexibility index (Phi) is 5.47. The van der Waals surface area contributed by atoms with E-state index in [0.29, 0.717) is 9.21 Å². The molecule has 6 heteroatoms. The second kappa shape index (κ2) is 7.33. The van der Waals surface area contributed by atoms with Crippen LogP contribution in [-0.2, 0) is 4.79 Å². The summed E-state index contributed by atoms with van der Waals surface area (Å²) in [5.74, 6) is -0.225. The van der Waals surface area contributed by atoms with Crippen LogP contribution in [0, 0.1) is 0 Å². The number of carbonyl (C=O) groups excluding carboxylic acids is 2. The summed E-state index contributed by atoms with van der Waals surface area (Å²) >= 11 is 7.02. The van der Waals surface area contributed by atoms with Gasteiger partial charge in [-0.05, 0) is 31.2 Å². The molecule has 0 aromatic carbocycles. The molecule has 1 unspecified atom stereocenters. The monoisotopic (exact) mass is 322 g/mol. The molecule has 2 aromatic heterocycles. The predicted octanol–water partition coefficient (Wildman–Crippen LogP) is 3.64. The summed E-state index contributed by atoms with van der Waals surface area (Å²) in [5, 5.41) is 2.83. The Morgan fingerprint density at radius 1 is 1.29 bits per heavy atom. The zero-order valence-electron chi connectivity index (χ0n) is 11.5. The maximum Gasteiger partial charge on any atom is 0.220 e. The third-order valence-corrected chi connectivity index (χ3v) is 4.21. The molecule has 0 bridgehead atoms. The minimum Gasteiger partial charge on any atom is -0.348 e. The molecule has 1 atom stereocenters. The van der Waals surface area contributed by atoms with E-state index in [1.165, 1.54) is 11.3 Å². The topological polar surface area (TPSA) is 59.1 Å². The van der Waals surface area contributed by atoms with Gasteiger partial charge >= 0.3 is 0 Å². The number of Topliss-reactive ketones (excluding diaryl/α,β-unsaturated/α-hetero) is 1. The van der Waals surface area contributed by atoms with Crippen molar-refractivity contribution in [3.8, 4) is 0 Å². The molecule has 0 aliphatic rings. The zero-order valence-corrected chi connectivity index (χ0v) is 13.1. The van der Waals surface area contributed by atoms with Crippen molar-refractivity contribution in [2.75, 3.05) is 0 Å². The summed E-state index contributed by atoms with van der Waals surface area (Å²) in [5.41, 5.74) is 0.794. The molecule has 0 fully saturated rings. The van der Waals surface area contributed by atoms with Crippen molar-refractivity contribution in [2.45, 2.75) is 25.8 Å². The Balaban J connectivity index is 1.81. The lowest BCUT2D eigenvalue weighted by molar-refractivity contribution is -0.121. The number of rotatable bonds is 6. The van der Waals surface area contributed by atoms with Crippen LogP contribution >= 0.6 is 22.9 Å². The van der Waals surface area contributed by atoms with E-state index < -0.39 is 0 Å². The van der Waals surface area contributed by atoms with Crippen molar-refractivity contribution in [1.82, 2.24) is 10.3 Å². The summed E-state index contributed by atoms with van der Waals surface area (Å²) in [6.07, 6.45) is 2.02. The largest absolute Gasteiger partial charge is 0.348 e. The van der Waals surface area contributed by atoms with Gasteiger partial charge in [-0.3, -0.25) is 14.6 Å². The summed E-state index contributed by atoms with van der Waals surface area (Å²) in [6.45, 7) is 1.86. The molecule has 0 saturated carbocycles. The van der Waals surface area contributed by atoms with Crippen LogP contribution in [0.1, 0.15) is 41.2 Å². The molecule has 4 nitrogen and oxygen atoms in total. The van der Waals surface area contributed by atoms with Crippen molar-refractivity contribution in [3.05, 3.63) is 51.4 Å². The van der Waals surface area contributed by atoms with E-state index in [-0.39, 0.29) is 30.6 Å². The molecule has 0 aliphatic carbocycles. The lowest BCUT2D eigenvalue weighted by atomic mass is 10.1. The first-order chi connectivity index (χ1) is 10.1. The highest BCUT2D eigenvalue weighted by molar-refractivity contribution is 7.18. The Bertz CT molecular complexity index is 628. The van der Waals surface area contributed by atoms with Crippen molar-refractivity contribution >= 4 is 34.6 Å². The van der Waals surface area contributed by atoms with Gasteiger partial charge in [-0.2, -0.15) is 0 Å². The molecule has 1 N–H and O–H groups in total. The molecule has 0 aliphatic heterocycles. The predicted molar refractivity (Wildman–Crippen MR) is 83.7 cm³/mol. The van der Waals surface area contributed by atoms with E-state index in [2.05, 4.69) is 10.3 Å². The summed E-state index contributed by atoms with van der Waals surface area (Å²) in [6, 6.07) is 8.73. The normalized spacial score (nSPS) is 11.9. The van der Waals surface area contributed by atoms with Gasteiger partial charge in [0.25, 0.3) is 0 Å². The molecule has 1 amide bonds. The Hall–Kier alpha value is -1.72. The smallest absolute Gasteiger partial charge is 0.220 e. The fourth-order valence-electron chi connectivity index (χ4n) is 1.83. The quantitative estimate of drug-likeness (QED) is 0.826. The molecule has 2 rings (SSSR count). The SMILES string of the molecule is CC(NC(=O)CCC(=O)c1ccc(Cl)s1)c1ccccn1. The Morgan fingerprint density at radius 3 is 2.71 bits per heavy atom. The first-order valence-electron chi connectivity index (χ1n) is 6.55. The highest BCUT2D eigenvalue weighted by atomic mass is 35.5. The summed E-state index contributed by atoms with van der Waals surface area (Å²) < 4.78 is 0.576. The second-order valence-electron chi connectivity index (χ2n) is 4.57. The second-order valence-corrected chi connectivity index (χ2v) is 6.29. The minimum absolute atomic E-state index is 0.0625. The van der Waals surface area contributed by atoms with Gasteiger partial charge in [-0.1, -0.05) is 17.7 Å². The van der Waals surface area contributed by atoms with Crippen molar-refractivity contribution in [3.63, 3.8) is 0 Å². The maximum atomic E-state index is 11.9. The van der Waals surface area contributed by atoms with Gasteiger partial charge in [-0.25, -0.2) is 0 Å². The Labute approximate surface area is 132 Å². The molecule has 0 spiro atoms. The molecule has 0 saturated heterocycles. The van der Waals surface area contributed by atoms with Gasteiger partial charge in [0.05, 0.1) is 20.9 Å². The van der Waals surface area contributed by atoms with Crippen LogP contribution in [0.2, 0.25) is 4.34 Å². The molecule has 110 valence electrons. The zero-order chi connectivity index (χ0) is 15.2. The highest BCUT2D eigenvalue weighted by Gasteiger charge is 2.14. The van der Waals surface area contributed by atoms with Crippen LogP contribution < -0.4 is 5.32 Å². The lowest BCUT2D eigenvalue weighted by Crippen LogP contribution is -2.27. The lowest BCUT2D eigenvalue weighted by Gasteiger charge is -2.12. The fourth-order valence-corrected chi connectivity index (χ4v) is 2.84. The van der Waals surface area contributed by atoms with Crippen molar-refractivity contribution < 1.29 is 9.59 Å². The molecule has 0 radical (unpaired) electrons. The number of hydrogen-bond acceptors (Lipinski definition) is 4. The van der Waals surface area contributed by atoms with Crippen molar-refractivity contribution in [1.29, 1.82) is 0 Å². The molecule has 2 aromatic rings. The van der Waals surface area contributed by atoms with Crippen LogP contribution in [0.4, 0.5) is 0 Å². The molecule has 21 heavy (non-hydrogen) atoms. The van der Waals surface area contributed by atoms with Gasteiger partial charge < -0.3 is 5.32 Å². The number of amides is 1. The van der Waals surface area contributed by atoms with Gasteiger partial charge in [0.1, 0.15) is 0 Å². The van der Waals surface area contributed by atoms with Crippen LogP contribution in [0.25, 0.3) is 0 Å². The van der Waals surface area contributed by atoms with Crippen LogP contribution in [0.3, 0.4) is 0 Å². The van der Waals surface area contributed by atoms with E-state index >= 15 is 0 Å². The molecular formula is C15H15ClN2O2S. The number of carbonyl (C=O) groups is 2. The van der Waals surface area contributed by atoms with E-state index in [1.54, 1.807) is 18.3 Å². The first kappa shape index (κ1) is 15.7. The number of nitrogens with zero attached hydrogens (tertiary/aromatic N) is 1. The fraction of sp³-hybridized carbons (Fsp3) is 0.267. The number of nitrogens with one attached hydrogen (secondary N) is 1. The van der Waals surface area contributed by atoms with Gasteiger partial charge in [-0.15, -0.1) is 11.3 Å². The number of halogens is 1. The average Bonchev–Trinajstić information content (AvgIpc) is 2.92.